The van der Waals surface area contributed by atoms with Gasteiger partial charge in [0, 0.05) is 24.3 Å². The minimum absolute atomic E-state index is 0.130. The van der Waals surface area contributed by atoms with Gasteiger partial charge in [0.15, 0.2) is 12.4 Å². The highest BCUT2D eigenvalue weighted by molar-refractivity contribution is 5.34. The molecule has 1 aromatic heterocycles. The molecule has 0 bridgehead atoms. The van der Waals surface area contributed by atoms with E-state index in [4.69, 9.17) is 0 Å². The summed E-state index contributed by atoms with van der Waals surface area (Å²) < 4.78 is 0. The lowest BCUT2D eigenvalue weighted by atomic mass is 10.1. The Morgan fingerprint density at radius 3 is 2.12 bits per heavy atom. The zero-order valence-electron chi connectivity index (χ0n) is 8.59. The van der Waals surface area contributed by atoms with Crippen LogP contribution in [0.1, 0.15) is 11.1 Å². The lowest BCUT2D eigenvalue weighted by molar-refractivity contribution is -0.384. The molecule has 0 amide bonds. The van der Waals surface area contributed by atoms with Crippen LogP contribution in [0, 0.1) is 10.1 Å². The predicted octanol–water partition coefficient (Wildman–Crippen LogP) is 2.00. The summed E-state index contributed by atoms with van der Waals surface area (Å²) in [5.41, 5.74) is 2.37. The van der Waals surface area contributed by atoms with Crippen molar-refractivity contribution in [2.24, 2.45) is 0 Å². The van der Waals surface area contributed by atoms with Gasteiger partial charge in [0.1, 0.15) is 0 Å². The first-order valence-electron chi connectivity index (χ1n) is 4.94. The minimum atomic E-state index is -0.388. The van der Waals surface area contributed by atoms with Crippen molar-refractivity contribution in [1.29, 1.82) is 0 Å². The maximum Gasteiger partial charge on any atom is 0.269 e. The number of nitro groups is 1. The van der Waals surface area contributed by atoms with Gasteiger partial charge in [-0.2, -0.15) is 0 Å². The van der Waals surface area contributed by atoms with Crippen LogP contribution in [-0.4, -0.2) is 4.92 Å². The number of rotatable bonds is 3. The van der Waals surface area contributed by atoms with Gasteiger partial charge >= 0.3 is 0 Å². The molecule has 1 aromatic carbocycles. The van der Waals surface area contributed by atoms with Crippen LogP contribution in [0.3, 0.4) is 0 Å². The lowest BCUT2D eigenvalue weighted by Gasteiger charge is -1.99. The summed E-state index contributed by atoms with van der Waals surface area (Å²) in [6.07, 6.45) is 4.51. The highest BCUT2D eigenvalue weighted by atomic mass is 16.6. The fourth-order valence-corrected chi connectivity index (χ4v) is 1.51. The number of nitro benzene ring substituents is 1. The van der Waals surface area contributed by atoms with E-state index in [9.17, 15) is 10.1 Å². The molecule has 4 nitrogen and oxygen atoms in total. The molecular weight excluding hydrogens is 204 g/mol. The van der Waals surface area contributed by atoms with Gasteiger partial charge in [0.05, 0.1) is 4.92 Å². The molecule has 0 aliphatic rings. The van der Waals surface area contributed by atoms with Crippen molar-refractivity contribution in [3.05, 3.63) is 70.0 Å². The standard InChI is InChI=1S/C12H10N2O2/c15-14(16)12-3-1-10(2-4-12)9-11-5-7-13-8-6-11/h1-8H,9H2/p+1. The molecule has 2 rings (SSSR count). The molecule has 2 aromatic rings. The Morgan fingerprint density at radius 2 is 1.56 bits per heavy atom. The molecular formula is C12H11N2O2+. The largest absolute Gasteiger partial charge is 0.269 e. The van der Waals surface area contributed by atoms with Crippen molar-refractivity contribution in [3.8, 4) is 0 Å². The van der Waals surface area contributed by atoms with E-state index in [-0.39, 0.29) is 10.6 Å². The molecule has 0 unspecified atom stereocenters. The van der Waals surface area contributed by atoms with Crippen molar-refractivity contribution in [2.45, 2.75) is 6.42 Å². The third-order valence-corrected chi connectivity index (χ3v) is 2.34. The Balaban J connectivity index is 2.14. The summed E-state index contributed by atoms with van der Waals surface area (Å²) in [4.78, 5) is 13.0. The fraction of sp³-hybridized carbons (Fsp3) is 0.0833. The zero-order chi connectivity index (χ0) is 11.4. The van der Waals surface area contributed by atoms with Gasteiger partial charge in [-0.25, -0.2) is 4.98 Å². The van der Waals surface area contributed by atoms with Crippen molar-refractivity contribution in [2.75, 3.05) is 0 Å². The van der Waals surface area contributed by atoms with E-state index in [1.807, 2.05) is 24.5 Å². The molecule has 80 valence electrons. The number of hydrogen-bond donors (Lipinski definition) is 0. The van der Waals surface area contributed by atoms with Gasteiger partial charge in [-0.15, -0.1) is 0 Å². The van der Waals surface area contributed by atoms with Crippen LogP contribution < -0.4 is 4.98 Å². The molecule has 0 saturated heterocycles. The van der Waals surface area contributed by atoms with Crippen LogP contribution in [0.4, 0.5) is 5.69 Å². The van der Waals surface area contributed by atoms with Gasteiger partial charge in [0.25, 0.3) is 5.69 Å². The van der Waals surface area contributed by atoms with E-state index >= 15 is 0 Å². The summed E-state index contributed by atoms with van der Waals surface area (Å²) in [5, 5.41) is 10.5. The fourth-order valence-electron chi connectivity index (χ4n) is 1.51. The second-order valence-corrected chi connectivity index (χ2v) is 3.51. The number of H-pyrrole nitrogens is 1. The number of aromatic nitrogens is 1. The number of nitrogens with zero attached hydrogens (tertiary/aromatic N) is 1. The quantitative estimate of drug-likeness (QED) is 0.580. The highest BCUT2D eigenvalue weighted by Crippen LogP contribution is 2.14. The number of aromatic amines is 1. The van der Waals surface area contributed by atoms with Gasteiger partial charge < -0.3 is 0 Å². The maximum atomic E-state index is 10.5. The molecule has 0 saturated carbocycles. The average molecular weight is 215 g/mol. The van der Waals surface area contributed by atoms with Crippen molar-refractivity contribution in [1.82, 2.24) is 0 Å². The molecule has 1 N–H and O–H groups in total. The van der Waals surface area contributed by atoms with Gasteiger partial charge in [-0.05, 0) is 17.5 Å². The third kappa shape index (κ3) is 2.42. The minimum Gasteiger partial charge on any atom is -0.258 e. The Hall–Kier alpha value is -2.23. The Kier molecular flexibility index (Phi) is 2.91. The molecule has 0 fully saturated rings. The monoisotopic (exact) mass is 215 g/mol. The van der Waals surface area contributed by atoms with E-state index in [0.717, 1.165) is 12.0 Å². The van der Waals surface area contributed by atoms with Crippen LogP contribution in [0.15, 0.2) is 48.8 Å². The smallest absolute Gasteiger partial charge is 0.258 e. The van der Waals surface area contributed by atoms with Crippen molar-refractivity contribution < 1.29 is 9.91 Å². The Bertz CT molecular complexity index is 480. The molecule has 4 heteroatoms. The van der Waals surface area contributed by atoms with E-state index in [0.29, 0.717) is 0 Å². The summed E-state index contributed by atoms with van der Waals surface area (Å²) in [6.45, 7) is 0. The summed E-state index contributed by atoms with van der Waals surface area (Å²) in [5.74, 6) is 0. The van der Waals surface area contributed by atoms with E-state index < -0.39 is 0 Å². The average Bonchev–Trinajstić information content (AvgIpc) is 2.31. The summed E-state index contributed by atoms with van der Waals surface area (Å²) in [6, 6.07) is 10.6. The first kappa shape index (κ1) is 10.3. The van der Waals surface area contributed by atoms with Crippen LogP contribution in [-0.2, 0) is 6.42 Å². The summed E-state index contributed by atoms with van der Waals surface area (Å²) >= 11 is 0. The van der Waals surface area contributed by atoms with Gasteiger partial charge in [0.2, 0.25) is 0 Å². The SMILES string of the molecule is O=[N+]([O-])c1ccc(Cc2cc[nH+]cc2)cc1. The highest BCUT2D eigenvalue weighted by Gasteiger charge is 2.04. The molecule has 0 aliphatic heterocycles. The zero-order valence-corrected chi connectivity index (χ0v) is 8.59. The summed E-state index contributed by atoms with van der Waals surface area (Å²) in [7, 11) is 0. The predicted molar refractivity (Wildman–Crippen MR) is 58.9 cm³/mol. The van der Waals surface area contributed by atoms with Crippen LogP contribution in [0.5, 0.6) is 0 Å². The number of pyridine rings is 1. The molecule has 0 radical (unpaired) electrons. The topological polar surface area (TPSA) is 57.3 Å². The number of nitrogens with one attached hydrogen (secondary N) is 1. The Morgan fingerprint density at radius 1 is 1.00 bits per heavy atom. The van der Waals surface area contributed by atoms with E-state index in [2.05, 4.69) is 4.98 Å². The first-order valence-corrected chi connectivity index (χ1v) is 4.94. The van der Waals surface area contributed by atoms with Crippen LogP contribution in [0.2, 0.25) is 0 Å². The maximum absolute atomic E-state index is 10.5. The number of hydrogen-bond acceptors (Lipinski definition) is 2. The van der Waals surface area contributed by atoms with E-state index in [1.165, 1.54) is 17.7 Å². The first-order chi connectivity index (χ1) is 7.75. The number of benzene rings is 1. The molecule has 0 spiro atoms. The third-order valence-electron chi connectivity index (χ3n) is 2.34. The molecule has 16 heavy (non-hydrogen) atoms. The van der Waals surface area contributed by atoms with Crippen LogP contribution >= 0.6 is 0 Å². The van der Waals surface area contributed by atoms with Crippen LogP contribution in [0.25, 0.3) is 0 Å². The second kappa shape index (κ2) is 4.53. The lowest BCUT2D eigenvalue weighted by Crippen LogP contribution is -1.99. The molecule has 1 heterocycles. The second-order valence-electron chi connectivity index (χ2n) is 3.51. The van der Waals surface area contributed by atoms with Crippen molar-refractivity contribution in [3.63, 3.8) is 0 Å². The molecule has 0 aliphatic carbocycles. The van der Waals surface area contributed by atoms with Gasteiger partial charge in [-0.1, -0.05) is 12.1 Å². The number of non-ortho nitro benzene ring substituents is 1. The van der Waals surface area contributed by atoms with E-state index in [1.54, 1.807) is 12.1 Å². The van der Waals surface area contributed by atoms with Crippen molar-refractivity contribution >= 4 is 5.69 Å². The van der Waals surface area contributed by atoms with Gasteiger partial charge in [-0.3, -0.25) is 10.1 Å². The molecule has 0 atom stereocenters. The normalized spacial score (nSPS) is 10.0. The Labute approximate surface area is 92.7 Å².